The molecule has 1 aliphatic rings. The molecule has 0 spiro atoms. The van der Waals surface area contributed by atoms with Gasteiger partial charge in [-0.3, -0.25) is 9.69 Å². The van der Waals surface area contributed by atoms with Crippen LogP contribution < -0.4 is 11.1 Å². The van der Waals surface area contributed by atoms with Crippen LogP contribution in [-0.4, -0.2) is 29.4 Å². The number of carbonyl (C=O) groups excluding carboxylic acids is 1. The van der Waals surface area contributed by atoms with E-state index in [4.69, 9.17) is 5.73 Å². The van der Waals surface area contributed by atoms with E-state index in [2.05, 4.69) is 41.4 Å². The predicted octanol–water partition coefficient (Wildman–Crippen LogP) is 2.03. The van der Waals surface area contributed by atoms with Crippen LogP contribution in [-0.2, 0) is 17.9 Å². The monoisotopic (exact) mass is 289 g/mol. The van der Waals surface area contributed by atoms with Gasteiger partial charge in [-0.25, -0.2) is 0 Å². The highest BCUT2D eigenvalue weighted by molar-refractivity contribution is 5.84. The van der Waals surface area contributed by atoms with Crippen molar-refractivity contribution in [3.8, 4) is 0 Å². The van der Waals surface area contributed by atoms with Gasteiger partial charge in [-0.15, -0.1) is 0 Å². The Balaban J connectivity index is 1.80. The van der Waals surface area contributed by atoms with Gasteiger partial charge in [0.2, 0.25) is 5.91 Å². The van der Waals surface area contributed by atoms with Crippen LogP contribution in [0.3, 0.4) is 0 Å². The second-order valence-electron chi connectivity index (χ2n) is 6.21. The molecule has 0 fully saturated rings. The van der Waals surface area contributed by atoms with E-state index >= 15 is 0 Å². The van der Waals surface area contributed by atoms with Crippen molar-refractivity contribution >= 4 is 5.91 Å². The third kappa shape index (κ3) is 4.05. The van der Waals surface area contributed by atoms with Gasteiger partial charge in [0.1, 0.15) is 0 Å². The van der Waals surface area contributed by atoms with E-state index in [0.717, 1.165) is 45.4 Å². The summed E-state index contributed by atoms with van der Waals surface area (Å²) in [6, 6.07) is 8.60. The van der Waals surface area contributed by atoms with Gasteiger partial charge in [0, 0.05) is 13.1 Å². The van der Waals surface area contributed by atoms with E-state index in [1.165, 1.54) is 11.1 Å². The van der Waals surface area contributed by atoms with E-state index in [9.17, 15) is 4.79 Å². The first-order chi connectivity index (χ1) is 10.0. The van der Waals surface area contributed by atoms with Crippen molar-refractivity contribution in [1.29, 1.82) is 0 Å². The number of rotatable bonds is 8. The third-order valence-corrected chi connectivity index (χ3v) is 4.37. The lowest BCUT2D eigenvalue weighted by atomic mass is 9.94. The van der Waals surface area contributed by atoms with Crippen molar-refractivity contribution in [1.82, 2.24) is 10.2 Å². The summed E-state index contributed by atoms with van der Waals surface area (Å²) < 4.78 is 0. The Kier molecular flexibility index (Phi) is 5.37. The van der Waals surface area contributed by atoms with Crippen LogP contribution in [0.2, 0.25) is 0 Å². The fourth-order valence-electron chi connectivity index (χ4n) is 2.92. The maximum atomic E-state index is 11.7. The van der Waals surface area contributed by atoms with Crippen molar-refractivity contribution in [2.24, 2.45) is 5.73 Å². The van der Waals surface area contributed by atoms with Gasteiger partial charge < -0.3 is 11.1 Å². The number of nitrogens with one attached hydrogen (secondary N) is 1. The number of hydrogen-bond acceptors (Lipinski definition) is 3. The minimum Gasteiger partial charge on any atom is -0.368 e. The Morgan fingerprint density at radius 1 is 1.33 bits per heavy atom. The predicted molar refractivity (Wildman–Crippen MR) is 85.7 cm³/mol. The van der Waals surface area contributed by atoms with Crippen molar-refractivity contribution in [2.75, 3.05) is 13.1 Å². The van der Waals surface area contributed by atoms with Crippen LogP contribution in [0.1, 0.15) is 44.2 Å². The van der Waals surface area contributed by atoms with Crippen molar-refractivity contribution < 1.29 is 4.79 Å². The first-order valence-corrected chi connectivity index (χ1v) is 7.89. The Labute approximate surface area is 127 Å². The highest BCUT2D eigenvalue weighted by atomic mass is 16.1. The number of carbonyl (C=O) groups is 1. The Morgan fingerprint density at radius 2 is 1.95 bits per heavy atom. The zero-order valence-corrected chi connectivity index (χ0v) is 13.2. The molecule has 0 aromatic heterocycles. The number of nitrogens with zero attached hydrogens (tertiary/aromatic N) is 1. The summed E-state index contributed by atoms with van der Waals surface area (Å²) in [6.07, 6.45) is 2.77. The second kappa shape index (κ2) is 7.05. The van der Waals surface area contributed by atoms with E-state index in [0.29, 0.717) is 0 Å². The summed E-state index contributed by atoms with van der Waals surface area (Å²) >= 11 is 0. The molecule has 4 heteroatoms. The molecule has 3 N–H and O–H groups in total. The zero-order chi connectivity index (χ0) is 15.3. The summed E-state index contributed by atoms with van der Waals surface area (Å²) in [5.74, 6) is -0.249. The molecule has 1 aromatic rings. The molecule has 4 nitrogen and oxygen atoms in total. The van der Waals surface area contributed by atoms with Gasteiger partial charge in [-0.2, -0.15) is 0 Å². The van der Waals surface area contributed by atoms with Crippen molar-refractivity contribution in [2.45, 2.75) is 51.7 Å². The Morgan fingerprint density at radius 3 is 2.48 bits per heavy atom. The Hall–Kier alpha value is -1.39. The van der Waals surface area contributed by atoms with Gasteiger partial charge >= 0.3 is 0 Å². The number of amides is 1. The summed E-state index contributed by atoms with van der Waals surface area (Å²) in [5.41, 5.74) is 7.84. The van der Waals surface area contributed by atoms with Crippen LogP contribution in [0.25, 0.3) is 0 Å². The van der Waals surface area contributed by atoms with E-state index in [1.807, 2.05) is 6.92 Å². The lowest BCUT2D eigenvalue weighted by Gasteiger charge is -2.28. The Bertz CT molecular complexity index is 464. The van der Waals surface area contributed by atoms with E-state index in [1.54, 1.807) is 0 Å². The summed E-state index contributed by atoms with van der Waals surface area (Å²) in [7, 11) is 0. The minimum absolute atomic E-state index is 0.249. The average molecular weight is 289 g/mol. The smallest absolute Gasteiger partial charge is 0.237 e. The first-order valence-electron chi connectivity index (χ1n) is 7.89. The lowest BCUT2D eigenvalue weighted by molar-refractivity contribution is -0.124. The standard InChI is InChI=1S/C17H27N3O/c1-3-10-19-17(2,16(18)21)9-6-11-20-12-14-7-4-5-8-15(14)13-20/h4-5,7-8,19H,3,6,9-13H2,1-2H3,(H2,18,21). The largest absolute Gasteiger partial charge is 0.368 e. The minimum atomic E-state index is -0.581. The molecule has 0 saturated heterocycles. The maximum Gasteiger partial charge on any atom is 0.237 e. The lowest BCUT2D eigenvalue weighted by Crippen LogP contribution is -2.53. The molecule has 116 valence electrons. The van der Waals surface area contributed by atoms with Gasteiger partial charge in [0.15, 0.2) is 0 Å². The van der Waals surface area contributed by atoms with Crippen LogP contribution >= 0.6 is 0 Å². The maximum absolute atomic E-state index is 11.7. The normalized spacial score (nSPS) is 17.4. The van der Waals surface area contributed by atoms with Crippen LogP contribution in [0.15, 0.2) is 24.3 Å². The van der Waals surface area contributed by atoms with Crippen molar-refractivity contribution in [3.05, 3.63) is 35.4 Å². The first kappa shape index (κ1) is 16.0. The van der Waals surface area contributed by atoms with Crippen LogP contribution in [0, 0.1) is 0 Å². The molecule has 1 heterocycles. The molecule has 1 amide bonds. The molecule has 1 aromatic carbocycles. The number of hydrogen-bond donors (Lipinski definition) is 2. The van der Waals surface area contributed by atoms with Gasteiger partial charge in [0.25, 0.3) is 0 Å². The molecular weight excluding hydrogens is 262 g/mol. The quantitative estimate of drug-likeness (QED) is 0.770. The second-order valence-corrected chi connectivity index (χ2v) is 6.21. The SMILES string of the molecule is CCCNC(C)(CCCN1Cc2ccccc2C1)C(N)=O. The number of nitrogens with two attached hydrogens (primary N) is 1. The molecule has 1 atom stereocenters. The molecule has 0 aliphatic carbocycles. The fourth-order valence-corrected chi connectivity index (χ4v) is 2.92. The highest BCUT2D eigenvalue weighted by Crippen LogP contribution is 2.23. The van der Waals surface area contributed by atoms with E-state index < -0.39 is 5.54 Å². The average Bonchev–Trinajstić information content (AvgIpc) is 2.87. The van der Waals surface area contributed by atoms with Crippen molar-refractivity contribution in [3.63, 3.8) is 0 Å². The molecule has 1 aliphatic heterocycles. The number of primary amides is 1. The molecular formula is C17H27N3O. The topological polar surface area (TPSA) is 58.4 Å². The number of benzene rings is 1. The molecule has 2 rings (SSSR count). The number of fused-ring (bicyclic) bond motifs is 1. The molecule has 0 radical (unpaired) electrons. The summed E-state index contributed by atoms with van der Waals surface area (Å²) in [6.45, 7) is 7.89. The van der Waals surface area contributed by atoms with E-state index in [-0.39, 0.29) is 5.91 Å². The van der Waals surface area contributed by atoms with Crippen LogP contribution in [0.4, 0.5) is 0 Å². The summed E-state index contributed by atoms with van der Waals surface area (Å²) in [4.78, 5) is 14.1. The van der Waals surface area contributed by atoms with Gasteiger partial charge in [-0.1, -0.05) is 31.2 Å². The van der Waals surface area contributed by atoms with Crippen LogP contribution in [0.5, 0.6) is 0 Å². The molecule has 1 unspecified atom stereocenters. The molecule has 0 bridgehead atoms. The fraction of sp³-hybridized carbons (Fsp3) is 0.588. The molecule has 0 saturated carbocycles. The zero-order valence-electron chi connectivity index (χ0n) is 13.2. The highest BCUT2D eigenvalue weighted by Gasteiger charge is 2.30. The summed E-state index contributed by atoms with van der Waals surface area (Å²) in [5, 5.41) is 3.29. The third-order valence-electron chi connectivity index (χ3n) is 4.37. The van der Waals surface area contributed by atoms with Gasteiger partial charge in [-0.05, 0) is 50.4 Å². The van der Waals surface area contributed by atoms with Gasteiger partial charge in [0.05, 0.1) is 5.54 Å². The molecule has 21 heavy (non-hydrogen) atoms.